The third kappa shape index (κ3) is 4.63. The second kappa shape index (κ2) is 8.66. The van der Waals surface area contributed by atoms with Gasteiger partial charge < -0.3 is 10.2 Å². The number of benzene rings is 2. The summed E-state index contributed by atoms with van der Waals surface area (Å²) < 4.78 is 25.3. The van der Waals surface area contributed by atoms with E-state index in [1.165, 1.54) is 6.07 Å². The molecule has 3 rings (SSSR count). The van der Waals surface area contributed by atoms with E-state index >= 15 is 0 Å². The van der Waals surface area contributed by atoms with Crippen LogP contribution in [0, 0.1) is 0 Å². The third-order valence-electron chi connectivity index (χ3n) is 4.54. The number of hydrogen-bond donors (Lipinski definition) is 1. The van der Waals surface area contributed by atoms with Crippen LogP contribution in [0.2, 0.25) is 0 Å². The number of carbonyl (C=O) groups excluding carboxylic acids is 1. The Hall–Kier alpha value is -1.89. The molecule has 0 bridgehead atoms. The molecule has 1 atom stereocenters. The van der Waals surface area contributed by atoms with E-state index in [0.29, 0.717) is 5.56 Å². The highest BCUT2D eigenvalue weighted by Crippen LogP contribution is 2.19. The first-order valence-corrected chi connectivity index (χ1v) is 9.97. The van der Waals surface area contributed by atoms with Crippen LogP contribution in [0.15, 0.2) is 59.5 Å². The molecule has 0 aromatic heterocycles. The molecule has 7 heteroatoms. The van der Waals surface area contributed by atoms with Gasteiger partial charge in [-0.25, -0.2) is 8.42 Å². The Balaban J connectivity index is 0.00000243. The fourth-order valence-electron chi connectivity index (χ4n) is 3.04. The molecule has 1 N–H and O–H groups in total. The summed E-state index contributed by atoms with van der Waals surface area (Å²) >= 11 is 0. The summed E-state index contributed by atoms with van der Waals surface area (Å²) in [5.41, 5.74) is 1.14. The molecule has 5 nitrogen and oxygen atoms in total. The van der Waals surface area contributed by atoms with Gasteiger partial charge in [-0.1, -0.05) is 36.4 Å². The van der Waals surface area contributed by atoms with Gasteiger partial charge in [0.05, 0.1) is 10.6 Å². The van der Waals surface area contributed by atoms with Gasteiger partial charge in [0, 0.05) is 25.2 Å². The molecule has 26 heavy (non-hydrogen) atoms. The first-order chi connectivity index (χ1) is 12.0. The Bertz CT molecular complexity index is 850. The van der Waals surface area contributed by atoms with E-state index in [2.05, 4.69) is 5.32 Å². The van der Waals surface area contributed by atoms with Crippen LogP contribution in [0.4, 0.5) is 0 Å². The van der Waals surface area contributed by atoms with E-state index in [-0.39, 0.29) is 35.0 Å². The highest BCUT2D eigenvalue weighted by molar-refractivity contribution is 7.90. The van der Waals surface area contributed by atoms with Gasteiger partial charge >= 0.3 is 0 Å². The number of rotatable bonds is 5. The predicted molar refractivity (Wildman–Crippen MR) is 104 cm³/mol. The maximum absolute atomic E-state index is 12.7. The molecule has 1 heterocycles. The van der Waals surface area contributed by atoms with Crippen molar-refractivity contribution in [3.8, 4) is 0 Å². The van der Waals surface area contributed by atoms with E-state index < -0.39 is 9.84 Å². The lowest BCUT2D eigenvalue weighted by atomic mass is 10.1. The van der Waals surface area contributed by atoms with Gasteiger partial charge in [0.1, 0.15) is 0 Å². The average molecular weight is 395 g/mol. The van der Waals surface area contributed by atoms with Crippen molar-refractivity contribution in [3.05, 3.63) is 65.7 Å². The van der Waals surface area contributed by atoms with Gasteiger partial charge in [-0.05, 0) is 36.7 Å². The minimum absolute atomic E-state index is 0. The lowest BCUT2D eigenvalue weighted by molar-refractivity contribution is 0.0743. The zero-order valence-corrected chi connectivity index (χ0v) is 16.2. The summed E-state index contributed by atoms with van der Waals surface area (Å²) in [6.07, 6.45) is 0.911. The van der Waals surface area contributed by atoms with E-state index in [1.807, 2.05) is 18.2 Å². The van der Waals surface area contributed by atoms with Gasteiger partial charge in [0.25, 0.3) is 5.91 Å². The number of nitrogens with one attached hydrogen (secondary N) is 1. The predicted octanol–water partition coefficient (Wildman–Crippen LogP) is 2.52. The lowest BCUT2D eigenvalue weighted by Gasteiger charge is -2.24. The normalized spacial score (nSPS) is 16.7. The maximum atomic E-state index is 12.7. The van der Waals surface area contributed by atoms with Crippen molar-refractivity contribution in [1.29, 1.82) is 0 Å². The van der Waals surface area contributed by atoms with Crippen molar-refractivity contribution in [2.75, 3.05) is 20.1 Å². The van der Waals surface area contributed by atoms with E-state index in [9.17, 15) is 13.2 Å². The third-order valence-corrected chi connectivity index (χ3v) is 6.23. The molecule has 2 aromatic carbocycles. The molecular formula is C19H23ClN2O3S. The molecule has 1 unspecified atom stereocenters. The molecule has 1 aliphatic heterocycles. The first kappa shape index (κ1) is 20.4. The number of hydrogen-bond acceptors (Lipinski definition) is 4. The van der Waals surface area contributed by atoms with Crippen LogP contribution in [-0.2, 0) is 15.6 Å². The summed E-state index contributed by atoms with van der Waals surface area (Å²) in [7, 11) is -1.73. The van der Waals surface area contributed by atoms with Crippen molar-refractivity contribution in [3.63, 3.8) is 0 Å². The lowest BCUT2D eigenvalue weighted by Crippen LogP contribution is -2.38. The molecule has 1 amide bonds. The van der Waals surface area contributed by atoms with Gasteiger partial charge in [-0.2, -0.15) is 0 Å². The number of halogens is 1. The highest BCUT2D eigenvalue weighted by Gasteiger charge is 2.25. The van der Waals surface area contributed by atoms with Gasteiger partial charge in [0.15, 0.2) is 9.84 Å². The molecule has 0 spiro atoms. The van der Waals surface area contributed by atoms with E-state index in [1.54, 1.807) is 42.3 Å². The monoisotopic (exact) mass is 394 g/mol. The van der Waals surface area contributed by atoms with Crippen LogP contribution in [0.25, 0.3) is 0 Å². The highest BCUT2D eigenvalue weighted by atomic mass is 35.5. The van der Waals surface area contributed by atoms with Crippen LogP contribution >= 0.6 is 12.4 Å². The Labute approximate surface area is 160 Å². The molecule has 140 valence electrons. The van der Waals surface area contributed by atoms with Crippen molar-refractivity contribution >= 4 is 28.2 Å². The largest absolute Gasteiger partial charge is 0.337 e. The van der Waals surface area contributed by atoms with Crippen LogP contribution in [-0.4, -0.2) is 45.4 Å². The van der Waals surface area contributed by atoms with Gasteiger partial charge in [-0.3, -0.25) is 4.79 Å². The SMILES string of the molecule is CN(C(=O)c1cccc(S(=O)(=O)Cc2ccccc2)c1)C1CCNC1.Cl. The van der Waals surface area contributed by atoms with Gasteiger partial charge in [0.2, 0.25) is 0 Å². The van der Waals surface area contributed by atoms with E-state index in [0.717, 1.165) is 25.1 Å². The van der Waals surface area contributed by atoms with Crippen LogP contribution in [0.1, 0.15) is 22.3 Å². The quantitative estimate of drug-likeness (QED) is 0.846. The minimum atomic E-state index is -3.50. The fraction of sp³-hybridized carbons (Fsp3) is 0.316. The first-order valence-electron chi connectivity index (χ1n) is 8.32. The topological polar surface area (TPSA) is 66.5 Å². The summed E-state index contributed by atoms with van der Waals surface area (Å²) in [6, 6.07) is 15.5. The molecule has 2 aromatic rings. The molecule has 0 aliphatic carbocycles. The van der Waals surface area contributed by atoms with Crippen LogP contribution in [0.5, 0.6) is 0 Å². The molecule has 1 aliphatic rings. The average Bonchev–Trinajstić information content (AvgIpc) is 3.16. The Morgan fingerprint density at radius 2 is 1.88 bits per heavy atom. The van der Waals surface area contributed by atoms with Crippen molar-refractivity contribution in [2.24, 2.45) is 0 Å². The van der Waals surface area contributed by atoms with Crippen molar-refractivity contribution < 1.29 is 13.2 Å². The number of likely N-dealkylation sites (N-methyl/N-ethyl adjacent to an activating group) is 1. The van der Waals surface area contributed by atoms with Crippen molar-refractivity contribution in [1.82, 2.24) is 10.2 Å². The number of nitrogens with zero attached hydrogens (tertiary/aromatic N) is 1. The fourth-order valence-corrected chi connectivity index (χ4v) is 4.43. The summed E-state index contributed by atoms with van der Waals surface area (Å²) in [4.78, 5) is 14.6. The number of sulfone groups is 1. The van der Waals surface area contributed by atoms with Gasteiger partial charge in [-0.15, -0.1) is 12.4 Å². The molecule has 0 radical (unpaired) electrons. The van der Waals surface area contributed by atoms with Crippen molar-refractivity contribution in [2.45, 2.75) is 23.1 Å². The summed E-state index contributed by atoms with van der Waals surface area (Å²) in [6.45, 7) is 1.67. The smallest absolute Gasteiger partial charge is 0.253 e. The zero-order valence-electron chi connectivity index (χ0n) is 14.6. The standard InChI is InChI=1S/C19H22N2O3S.ClH/c1-21(17-10-11-20-13-17)19(22)16-8-5-9-18(12-16)25(23,24)14-15-6-3-2-4-7-15;/h2-9,12,17,20H,10-11,13-14H2,1H3;1H. The van der Waals surface area contributed by atoms with E-state index in [4.69, 9.17) is 0 Å². The summed E-state index contributed by atoms with van der Waals surface area (Å²) in [5, 5.41) is 3.23. The minimum Gasteiger partial charge on any atom is -0.337 e. The number of amides is 1. The maximum Gasteiger partial charge on any atom is 0.253 e. The second-order valence-corrected chi connectivity index (χ2v) is 8.32. The van der Waals surface area contributed by atoms with Crippen LogP contribution in [0.3, 0.4) is 0 Å². The Morgan fingerprint density at radius 1 is 1.15 bits per heavy atom. The van der Waals surface area contributed by atoms with Crippen LogP contribution < -0.4 is 5.32 Å². The summed E-state index contributed by atoms with van der Waals surface area (Å²) in [5.74, 6) is -0.223. The molecule has 0 saturated carbocycles. The molecular weight excluding hydrogens is 372 g/mol. The number of carbonyl (C=O) groups is 1. The molecule has 1 fully saturated rings. The Morgan fingerprint density at radius 3 is 2.54 bits per heavy atom. The zero-order chi connectivity index (χ0) is 17.9. The molecule has 1 saturated heterocycles. The Kier molecular flexibility index (Phi) is 6.81. The second-order valence-electron chi connectivity index (χ2n) is 6.34.